The molecule has 1 aromatic rings. The van der Waals surface area contributed by atoms with Crippen LogP contribution in [0.1, 0.15) is 29.8 Å². The monoisotopic (exact) mass is 269 g/mol. The van der Waals surface area contributed by atoms with Crippen molar-refractivity contribution in [2.24, 2.45) is 5.92 Å². The minimum absolute atomic E-state index is 0.168. The summed E-state index contributed by atoms with van der Waals surface area (Å²) in [7, 11) is 0. The minimum atomic E-state index is -4.50. The number of pyridine rings is 1. The van der Waals surface area contributed by atoms with Crippen LogP contribution in [0.2, 0.25) is 0 Å². The molecule has 0 radical (unpaired) electrons. The fourth-order valence-electron chi connectivity index (χ4n) is 2.33. The maximum absolute atomic E-state index is 12.7. The Labute approximate surface area is 109 Å². The Morgan fingerprint density at radius 3 is 2.58 bits per heavy atom. The zero-order chi connectivity index (χ0) is 13.9. The number of nitriles is 1. The molecule has 0 unspecified atom stereocenters. The molecule has 19 heavy (non-hydrogen) atoms. The number of hydrogen-bond acceptors (Lipinski definition) is 3. The van der Waals surface area contributed by atoms with Gasteiger partial charge in [0.25, 0.3) is 0 Å². The molecule has 2 rings (SSSR count). The van der Waals surface area contributed by atoms with Gasteiger partial charge in [0.2, 0.25) is 0 Å². The first-order chi connectivity index (χ1) is 8.99. The second-order valence-corrected chi connectivity index (χ2v) is 4.75. The molecule has 1 fully saturated rings. The molecule has 0 spiro atoms. The van der Waals surface area contributed by atoms with Crippen LogP contribution in [0.25, 0.3) is 0 Å². The number of alkyl halides is 3. The lowest BCUT2D eigenvalue weighted by atomic mass is 9.91. The van der Waals surface area contributed by atoms with Crippen LogP contribution >= 0.6 is 0 Å². The first-order valence-electron chi connectivity index (χ1n) is 6.18. The SMILES string of the molecule is N#Cc1cc(CC2CCNCC2)cc(C(F)(F)F)n1. The van der Waals surface area contributed by atoms with Crippen molar-refractivity contribution in [2.75, 3.05) is 13.1 Å². The van der Waals surface area contributed by atoms with Crippen LogP contribution in [-0.2, 0) is 12.6 Å². The molecule has 1 aliphatic rings. The van der Waals surface area contributed by atoms with Crippen LogP contribution in [0.15, 0.2) is 12.1 Å². The fraction of sp³-hybridized carbons (Fsp3) is 0.538. The smallest absolute Gasteiger partial charge is 0.317 e. The van der Waals surface area contributed by atoms with Crippen LogP contribution in [0.5, 0.6) is 0 Å². The van der Waals surface area contributed by atoms with Crippen LogP contribution in [0.4, 0.5) is 13.2 Å². The molecule has 102 valence electrons. The van der Waals surface area contributed by atoms with Gasteiger partial charge in [0.05, 0.1) is 0 Å². The lowest BCUT2D eigenvalue weighted by Crippen LogP contribution is -2.28. The second-order valence-electron chi connectivity index (χ2n) is 4.75. The van der Waals surface area contributed by atoms with E-state index in [4.69, 9.17) is 5.26 Å². The number of nitrogens with one attached hydrogen (secondary N) is 1. The van der Waals surface area contributed by atoms with Crippen molar-refractivity contribution in [3.05, 3.63) is 29.1 Å². The number of aromatic nitrogens is 1. The largest absolute Gasteiger partial charge is 0.433 e. The van der Waals surface area contributed by atoms with E-state index in [0.29, 0.717) is 17.9 Å². The van der Waals surface area contributed by atoms with E-state index in [2.05, 4.69) is 10.3 Å². The molecular formula is C13H14F3N3. The summed E-state index contributed by atoms with van der Waals surface area (Å²) < 4.78 is 38.0. The lowest BCUT2D eigenvalue weighted by Gasteiger charge is -2.22. The summed E-state index contributed by atoms with van der Waals surface area (Å²) in [6.07, 6.45) is -2.03. The van der Waals surface area contributed by atoms with Crippen LogP contribution in [-0.4, -0.2) is 18.1 Å². The van der Waals surface area contributed by atoms with Crippen molar-refractivity contribution in [2.45, 2.75) is 25.4 Å². The average molecular weight is 269 g/mol. The minimum Gasteiger partial charge on any atom is -0.317 e. The Balaban J connectivity index is 2.22. The Bertz CT molecular complexity index is 485. The molecule has 1 saturated heterocycles. The van der Waals surface area contributed by atoms with Crippen LogP contribution < -0.4 is 5.32 Å². The fourth-order valence-corrected chi connectivity index (χ4v) is 2.33. The van der Waals surface area contributed by atoms with E-state index in [-0.39, 0.29) is 5.69 Å². The molecule has 0 amide bonds. The number of halogens is 3. The average Bonchev–Trinajstić information content (AvgIpc) is 2.38. The van der Waals surface area contributed by atoms with E-state index in [1.807, 2.05) is 0 Å². The molecule has 0 saturated carbocycles. The highest BCUT2D eigenvalue weighted by Gasteiger charge is 2.33. The number of hydrogen-bond donors (Lipinski definition) is 1. The number of piperidine rings is 1. The highest BCUT2D eigenvalue weighted by molar-refractivity contribution is 5.30. The summed E-state index contributed by atoms with van der Waals surface area (Å²) in [4.78, 5) is 3.32. The second kappa shape index (κ2) is 5.57. The van der Waals surface area contributed by atoms with Crippen molar-refractivity contribution in [1.82, 2.24) is 10.3 Å². The van der Waals surface area contributed by atoms with Gasteiger partial charge in [-0.05, 0) is 56.0 Å². The summed E-state index contributed by atoms with van der Waals surface area (Å²) in [5.41, 5.74) is -0.597. The predicted molar refractivity (Wildman–Crippen MR) is 63.3 cm³/mol. The molecule has 1 aromatic heterocycles. The normalized spacial score (nSPS) is 17.2. The van der Waals surface area contributed by atoms with Gasteiger partial charge in [-0.15, -0.1) is 0 Å². The predicted octanol–water partition coefficient (Wildman–Crippen LogP) is 2.51. The van der Waals surface area contributed by atoms with Gasteiger partial charge in [0.15, 0.2) is 0 Å². The molecule has 0 aromatic carbocycles. The van der Waals surface area contributed by atoms with Gasteiger partial charge in [-0.3, -0.25) is 0 Å². The highest BCUT2D eigenvalue weighted by Crippen LogP contribution is 2.29. The summed E-state index contributed by atoms with van der Waals surface area (Å²) in [5, 5.41) is 12.0. The molecule has 0 atom stereocenters. The third-order valence-electron chi connectivity index (χ3n) is 3.27. The van der Waals surface area contributed by atoms with Gasteiger partial charge < -0.3 is 5.32 Å². The summed E-state index contributed by atoms with van der Waals surface area (Å²) in [5.74, 6) is 0.372. The Morgan fingerprint density at radius 1 is 1.32 bits per heavy atom. The summed E-state index contributed by atoms with van der Waals surface area (Å²) >= 11 is 0. The van der Waals surface area contributed by atoms with Gasteiger partial charge in [0.1, 0.15) is 17.5 Å². The van der Waals surface area contributed by atoms with Crippen LogP contribution in [0.3, 0.4) is 0 Å². The van der Waals surface area contributed by atoms with Crippen molar-refractivity contribution >= 4 is 0 Å². The van der Waals surface area contributed by atoms with Gasteiger partial charge in [-0.25, -0.2) is 4.98 Å². The maximum atomic E-state index is 12.7. The molecule has 1 N–H and O–H groups in total. The van der Waals surface area contributed by atoms with Gasteiger partial charge >= 0.3 is 6.18 Å². The summed E-state index contributed by atoms with van der Waals surface area (Å²) in [6.45, 7) is 1.79. The van der Waals surface area contributed by atoms with E-state index < -0.39 is 11.9 Å². The van der Waals surface area contributed by atoms with E-state index in [1.54, 1.807) is 6.07 Å². The molecule has 2 heterocycles. The topological polar surface area (TPSA) is 48.7 Å². The van der Waals surface area contributed by atoms with E-state index in [9.17, 15) is 13.2 Å². The van der Waals surface area contributed by atoms with Crippen LogP contribution in [0, 0.1) is 17.2 Å². The maximum Gasteiger partial charge on any atom is 0.433 e. The van der Waals surface area contributed by atoms with Crippen molar-refractivity contribution in [3.8, 4) is 6.07 Å². The first kappa shape index (κ1) is 13.8. The van der Waals surface area contributed by atoms with Crippen molar-refractivity contribution in [1.29, 1.82) is 5.26 Å². The van der Waals surface area contributed by atoms with E-state index in [1.165, 1.54) is 6.07 Å². The molecule has 6 heteroatoms. The number of rotatable bonds is 2. The third-order valence-corrected chi connectivity index (χ3v) is 3.27. The zero-order valence-corrected chi connectivity index (χ0v) is 10.3. The van der Waals surface area contributed by atoms with Crippen molar-refractivity contribution in [3.63, 3.8) is 0 Å². The van der Waals surface area contributed by atoms with Gasteiger partial charge in [0, 0.05) is 0 Å². The third kappa shape index (κ3) is 3.67. The first-order valence-corrected chi connectivity index (χ1v) is 6.18. The molecule has 0 bridgehead atoms. The van der Waals surface area contributed by atoms with Gasteiger partial charge in [-0.2, -0.15) is 18.4 Å². The Hall–Kier alpha value is -1.61. The summed E-state index contributed by atoms with van der Waals surface area (Å²) in [6, 6.07) is 4.21. The highest BCUT2D eigenvalue weighted by atomic mass is 19.4. The lowest BCUT2D eigenvalue weighted by molar-refractivity contribution is -0.141. The number of nitrogens with zero attached hydrogens (tertiary/aromatic N) is 2. The standard InChI is InChI=1S/C13H14F3N3/c14-13(15,16)12-7-10(6-11(8-17)19-12)5-9-1-3-18-4-2-9/h6-7,9,18H,1-5H2. The molecular weight excluding hydrogens is 255 g/mol. The Morgan fingerprint density at radius 2 is 2.00 bits per heavy atom. The van der Waals surface area contributed by atoms with Gasteiger partial charge in [-0.1, -0.05) is 0 Å². The van der Waals surface area contributed by atoms with E-state index >= 15 is 0 Å². The van der Waals surface area contributed by atoms with E-state index in [0.717, 1.165) is 32.0 Å². The zero-order valence-electron chi connectivity index (χ0n) is 10.3. The molecule has 0 aliphatic carbocycles. The van der Waals surface area contributed by atoms with Crippen molar-refractivity contribution < 1.29 is 13.2 Å². The molecule has 3 nitrogen and oxygen atoms in total. The molecule has 1 aliphatic heterocycles. The quantitative estimate of drug-likeness (QED) is 0.897. The Kier molecular flexibility index (Phi) is 4.05.